The Bertz CT molecular complexity index is 540. The van der Waals surface area contributed by atoms with Crippen molar-refractivity contribution in [2.75, 3.05) is 32.6 Å². The second-order valence-corrected chi connectivity index (χ2v) is 5.94. The summed E-state index contributed by atoms with van der Waals surface area (Å²) in [7, 11) is 3.82. The van der Waals surface area contributed by atoms with E-state index in [1.165, 1.54) is 5.56 Å². The van der Waals surface area contributed by atoms with Crippen molar-refractivity contribution in [3.8, 4) is 5.75 Å². The summed E-state index contributed by atoms with van der Waals surface area (Å²) in [5, 5.41) is 3.42. The van der Waals surface area contributed by atoms with Gasteiger partial charge in [0.2, 0.25) is 0 Å². The molecule has 112 valence electrons. The monoisotopic (exact) mass is 348 g/mol. The lowest BCUT2D eigenvalue weighted by molar-refractivity contribution is 0.339. The molecule has 21 heavy (non-hydrogen) atoms. The maximum absolute atomic E-state index is 5.17. The summed E-state index contributed by atoms with van der Waals surface area (Å²) >= 11 is 3.44. The van der Waals surface area contributed by atoms with Crippen LogP contribution in [0.25, 0.3) is 0 Å². The molecule has 0 aliphatic rings. The fourth-order valence-electron chi connectivity index (χ4n) is 2.08. The second kappa shape index (κ2) is 8.05. The minimum Gasteiger partial charge on any atom is -0.497 e. The number of anilines is 1. The highest BCUT2D eigenvalue weighted by Gasteiger charge is 2.01. The van der Waals surface area contributed by atoms with Crippen LogP contribution in [0.1, 0.15) is 5.56 Å². The van der Waals surface area contributed by atoms with Gasteiger partial charge in [0, 0.05) is 29.8 Å². The highest BCUT2D eigenvalue weighted by Crippen LogP contribution is 2.14. The normalized spacial score (nSPS) is 10.7. The first-order valence-corrected chi connectivity index (χ1v) is 7.77. The lowest BCUT2D eigenvalue weighted by Crippen LogP contribution is -2.24. The molecular formula is C17H21BrN2O. The van der Waals surface area contributed by atoms with Crippen molar-refractivity contribution in [3.05, 3.63) is 58.6 Å². The highest BCUT2D eigenvalue weighted by atomic mass is 79.9. The maximum Gasteiger partial charge on any atom is 0.118 e. The number of halogens is 1. The van der Waals surface area contributed by atoms with Gasteiger partial charge in [-0.2, -0.15) is 0 Å². The molecule has 0 saturated carbocycles. The molecular weight excluding hydrogens is 328 g/mol. The van der Waals surface area contributed by atoms with Gasteiger partial charge in [-0.05, 0) is 49.0 Å². The van der Waals surface area contributed by atoms with Crippen LogP contribution in [0, 0.1) is 0 Å². The van der Waals surface area contributed by atoms with E-state index in [0.29, 0.717) is 0 Å². The third-order valence-electron chi connectivity index (χ3n) is 3.28. The molecule has 3 nitrogen and oxygen atoms in total. The van der Waals surface area contributed by atoms with Gasteiger partial charge in [0.25, 0.3) is 0 Å². The van der Waals surface area contributed by atoms with Crippen molar-refractivity contribution in [1.29, 1.82) is 0 Å². The number of hydrogen-bond donors (Lipinski definition) is 1. The third-order valence-corrected chi connectivity index (χ3v) is 3.81. The smallest absolute Gasteiger partial charge is 0.118 e. The first-order chi connectivity index (χ1) is 10.2. The Morgan fingerprint density at radius 2 is 1.71 bits per heavy atom. The van der Waals surface area contributed by atoms with E-state index < -0.39 is 0 Å². The molecule has 0 radical (unpaired) electrons. The van der Waals surface area contributed by atoms with Crippen molar-refractivity contribution in [3.63, 3.8) is 0 Å². The number of likely N-dealkylation sites (N-methyl/N-ethyl adjacent to an activating group) is 1. The van der Waals surface area contributed by atoms with Crippen molar-refractivity contribution in [2.24, 2.45) is 0 Å². The summed E-state index contributed by atoms with van der Waals surface area (Å²) in [4.78, 5) is 2.30. The number of methoxy groups -OCH3 is 1. The summed E-state index contributed by atoms with van der Waals surface area (Å²) in [5.74, 6) is 0.901. The van der Waals surface area contributed by atoms with Crippen LogP contribution in [0.15, 0.2) is 53.0 Å². The molecule has 0 bridgehead atoms. The van der Waals surface area contributed by atoms with Crippen LogP contribution in [-0.2, 0) is 6.54 Å². The Morgan fingerprint density at radius 1 is 1.05 bits per heavy atom. The Balaban J connectivity index is 1.73. The maximum atomic E-state index is 5.17. The Hall–Kier alpha value is -1.52. The number of ether oxygens (including phenoxy) is 1. The van der Waals surface area contributed by atoms with E-state index in [1.807, 2.05) is 24.3 Å². The van der Waals surface area contributed by atoms with Crippen LogP contribution >= 0.6 is 15.9 Å². The SMILES string of the molecule is COc1ccc(CN(C)CCNc2ccc(Br)cc2)cc1. The van der Waals surface area contributed by atoms with E-state index >= 15 is 0 Å². The average molecular weight is 349 g/mol. The molecule has 0 aromatic heterocycles. The number of hydrogen-bond acceptors (Lipinski definition) is 3. The van der Waals surface area contributed by atoms with Crippen molar-refractivity contribution in [1.82, 2.24) is 4.90 Å². The number of nitrogens with zero attached hydrogens (tertiary/aromatic N) is 1. The molecule has 0 unspecified atom stereocenters. The van der Waals surface area contributed by atoms with Crippen LogP contribution in [0.5, 0.6) is 5.75 Å². The van der Waals surface area contributed by atoms with Crippen LogP contribution in [0.3, 0.4) is 0 Å². The molecule has 2 aromatic carbocycles. The van der Waals surface area contributed by atoms with E-state index in [4.69, 9.17) is 4.74 Å². The predicted molar refractivity (Wildman–Crippen MR) is 92.0 cm³/mol. The van der Waals surface area contributed by atoms with Gasteiger partial charge in [0.15, 0.2) is 0 Å². The minimum absolute atomic E-state index is 0.901. The van der Waals surface area contributed by atoms with Gasteiger partial charge >= 0.3 is 0 Å². The quantitative estimate of drug-likeness (QED) is 0.818. The molecule has 2 aromatic rings. The second-order valence-electron chi connectivity index (χ2n) is 5.02. The Labute approximate surface area is 135 Å². The zero-order valence-electron chi connectivity index (χ0n) is 12.5. The zero-order chi connectivity index (χ0) is 15.1. The Morgan fingerprint density at radius 3 is 2.33 bits per heavy atom. The van der Waals surface area contributed by atoms with Gasteiger partial charge in [-0.15, -0.1) is 0 Å². The van der Waals surface area contributed by atoms with Gasteiger partial charge in [0.1, 0.15) is 5.75 Å². The van der Waals surface area contributed by atoms with Gasteiger partial charge in [-0.3, -0.25) is 0 Å². The van der Waals surface area contributed by atoms with Gasteiger partial charge in [-0.1, -0.05) is 28.1 Å². The molecule has 0 heterocycles. The predicted octanol–water partition coefficient (Wildman–Crippen LogP) is 4.00. The van der Waals surface area contributed by atoms with Crippen LogP contribution in [-0.4, -0.2) is 32.1 Å². The van der Waals surface area contributed by atoms with Crippen molar-refractivity contribution >= 4 is 21.6 Å². The lowest BCUT2D eigenvalue weighted by Gasteiger charge is -2.17. The zero-order valence-corrected chi connectivity index (χ0v) is 14.1. The van der Waals surface area contributed by atoms with Gasteiger partial charge in [0.05, 0.1) is 7.11 Å². The molecule has 0 amide bonds. The van der Waals surface area contributed by atoms with Gasteiger partial charge < -0.3 is 15.0 Å². The number of benzene rings is 2. The molecule has 0 aliphatic carbocycles. The molecule has 1 N–H and O–H groups in total. The highest BCUT2D eigenvalue weighted by molar-refractivity contribution is 9.10. The molecule has 0 aliphatic heterocycles. The molecule has 0 fully saturated rings. The molecule has 4 heteroatoms. The topological polar surface area (TPSA) is 24.5 Å². The fraction of sp³-hybridized carbons (Fsp3) is 0.294. The van der Waals surface area contributed by atoms with Crippen LogP contribution in [0.4, 0.5) is 5.69 Å². The summed E-state index contributed by atoms with van der Waals surface area (Å²) in [6.07, 6.45) is 0. The Kier molecular flexibility index (Phi) is 6.08. The van der Waals surface area contributed by atoms with Crippen LogP contribution in [0.2, 0.25) is 0 Å². The van der Waals surface area contributed by atoms with Crippen LogP contribution < -0.4 is 10.1 Å². The molecule has 0 saturated heterocycles. The van der Waals surface area contributed by atoms with Crippen molar-refractivity contribution in [2.45, 2.75) is 6.54 Å². The first-order valence-electron chi connectivity index (χ1n) is 6.98. The van der Waals surface area contributed by atoms with E-state index in [0.717, 1.165) is 35.5 Å². The van der Waals surface area contributed by atoms with E-state index in [1.54, 1.807) is 7.11 Å². The number of nitrogens with one attached hydrogen (secondary N) is 1. The average Bonchev–Trinajstić information content (AvgIpc) is 2.50. The first kappa shape index (κ1) is 15.9. The molecule has 0 spiro atoms. The number of rotatable bonds is 7. The third kappa shape index (κ3) is 5.40. The summed E-state index contributed by atoms with van der Waals surface area (Å²) in [5.41, 5.74) is 2.44. The summed E-state index contributed by atoms with van der Waals surface area (Å²) in [6.45, 7) is 2.85. The lowest BCUT2D eigenvalue weighted by atomic mass is 10.2. The largest absolute Gasteiger partial charge is 0.497 e. The van der Waals surface area contributed by atoms with Crippen molar-refractivity contribution < 1.29 is 4.74 Å². The summed E-state index contributed by atoms with van der Waals surface area (Å²) < 4.78 is 6.27. The summed E-state index contributed by atoms with van der Waals surface area (Å²) in [6, 6.07) is 16.5. The minimum atomic E-state index is 0.901. The van der Waals surface area contributed by atoms with E-state index in [9.17, 15) is 0 Å². The molecule has 0 atom stereocenters. The van der Waals surface area contributed by atoms with Gasteiger partial charge in [-0.25, -0.2) is 0 Å². The van der Waals surface area contributed by atoms with E-state index in [2.05, 4.69) is 57.5 Å². The molecule has 2 rings (SSSR count). The van der Waals surface area contributed by atoms with E-state index in [-0.39, 0.29) is 0 Å². The standard InChI is InChI=1S/C17H21BrN2O/c1-20(13-14-3-9-17(21-2)10-4-14)12-11-19-16-7-5-15(18)6-8-16/h3-10,19H,11-13H2,1-2H3. The fourth-order valence-corrected chi connectivity index (χ4v) is 2.34.